The van der Waals surface area contributed by atoms with Gasteiger partial charge >= 0.3 is 0 Å². The van der Waals surface area contributed by atoms with Crippen LogP contribution >= 0.6 is 11.6 Å². The minimum Gasteiger partial charge on any atom is -0.366 e. The van der Waals surface area contributed by atoms with E-state index in [1.165, 1.54) is 36.4 Å². The van der Waals surface area contributed by atoms with Gasteiger partial charge in [0.25, 0.3) is 10.0 Å². The Labute approximate surface area is 127 Å². The van der Waals surface area contributed by atoms with E-state index in [2.05, 4.69) is 4.72 Å². The summed E-state index contributed by atoms with van der Waals surface area (Å²) in [6, 6.07) is 10.4. The first kappa shape index (κ1) is 15.3. The standard InChI is InChI=1S/C14H13ClN2O3S/c1-9-8-11(15)4-7-13(9)21(19,20)17-12-5-2-10(3-6-12)14(16)18/h2-8,17H,1H3,(H2,16,18). The van der Waals surface area contributed by atoms with Crippen molar-refractivity contribution in [1.29, 1.82) is 0 Å². The highest BCUT2D eigenvalue weighted by Gasteiger charge is 2.17. The number of nitrogens with two attached hydrogens (primary N) is 1. The average Bonchev–Trinajstić information content (AvgIpc) is 2.38. The van der Waals surface area contributed by atoms with Gasteiger partial charge in [0.1, 0.15) is 0 Å². The number of primary amides is 1. The maximum absolute atomic E-state index is 12.3. The molecule has 0 fully saturated rings. The molecule has 0 bridgehead atoms. The highest BCUT2D eigenvalue weighted by Crippen LogP contribution is 2.22. The number of carbonyl (C=O) groups excluding carboxylic acids is 1. The van der Waals surface area contributed by atoms with Crippen molar-refractivity contribution in [3.05, 3.63) is 58.6 Å². The molecular formula is C14H13ClN2O3S. The monoisotopic (exact) mass is 324 g/mol. The summed E-state index contributed by atoms with van der Waals surface area (Å²) in [7, 11) is -3.72. The van der Waals surface area contributed by atoms with Crippen LogP contribution in [0.4, 0.5) is 5.69 Å². The zero-order chi connectivity index (χ0) is 15.6. The summed E-state index contributed by atoms with van der Waals surface area (Å²) in [5.74, 6) is -0.571. The van der Waals surface area contributed by atoms with Gasteiger partial charge in [-0.2, -0.15) is 0 Å². The molecule has 0 heterocycles. The van der Waals surface area contributed by atoms with Gasteiger partial charge < -0.3 is 5.73 Å². The Kier molecular flexibility index (Phi) is 4.20. The average molecular weight is 325 g/mol. The Balaban J connectivity index is 2.30. The molecule has 0 aliphatic heterocycles. The number of hydrogen-bond acceptors (Lipinski definition) is 3. The van der Waals surface area contributed by atoms with Gasteiger partial charge in [-0.25, -0.2) is 8.42 Å². The lowest BCUT2D eigenvalue weighted by Gasteiger charge is -2.10. The minimum atomic E-state index is -3.72. The van der Waals surface area contributed by atoms with Crippen molar-refractivity contribution in [2.75, 3.05) is 4.72 Å². The molecule has 1 amide bonds. The molecule has 0 atom stereocenters. The van der Waals surface area contributed by atoms with E-state index in [0.717, 1.165) is 0 Å². The van der Waals surface area contributed by atoms with Crippen molar-refractivity contribution >= 4 is 33.2 Å². The number of nitrogens with one attached hydrogen (secondary N) is 1. The number of benzene rings is 2. The van der Waals surface area contributed by atoms with Crippen molar-refractivity contribution in [2.24, 2.45) is 5.73 Å². The first-order valence-corrected chi connectivity index (χ1v) is 7.84. The van der Waals surface area contributed by atoms with Crippen LogP contribution in [0, 0.1) is 6.92 Å². The van der Waals surface area contributed by atoms with Crippen LogP contribution in [0.3, 0.4) is 0 Å². The van der Waals surface area contributed by atoms with E-state index in [0.29, 0.717) is 21.8 Å². The second-order valence-corrected chi connectivity index (χ2v) is 6.54. The lowest BCUT2D eigenvalue weighted by atomic mass is 10.2. The summed E-state index contributed by atoms with van der Waals surface area (Å²) < 4.78 is 27.1. The Morgan fingerprint density at radius 3 is 2.29 bits per heavy atom. The fourth-order valence-electron chi connectivity index (χ4n) is 1.83. The van der Waals surface area contributed by atoms with Gasteiger partial charge in [-0.3, -0.25) is 9.52 Å². The smallest absolute Gasteiger partial charge is 0.262 e. The number of aryl methyl sites for hydroxylation is 1. The molecule has 0 unspecified atom stereocenters. The van der Waals surface area contributed by atoms with Gasteiger partial charge in [-0.15, -0.1) is 0 Å². The highest BCUT2D eigenvalue weighted by atomic mass is 35.5. The normalized spacial score (nSPS) is 11.1. The molecule has 5 nitrogen and oxygen atoms in total. The lowest BCUT2D eigenvalue weighted by Crippen LogP contribution is -2.15. The van der Waals surface area contributed by atoms with Gasteiger partial charge in [0.2, 0.25) is 5.91 Å². The quantitative estimate of drug-likeness (QED) is 0.905. The summed E-state index contributed by atoms with van der Waals surface area (Å²) in [5, 5.41) is 0.470. The summed E-state index contributed by atoms with van der Waals surface area (Å²) in [6.45, 7) is 1.66. The number of sulfonamides is 1. The summed E-state index contributed by atoms with van der Waals surface area (Å²) in [6.07, 6.45) is 0. The van der Waals surface area contributed by atoms with Gasteiger partial charge in [-0.05, 0) is 55.0 Å². The number of anilines is 1. The third kappa shape index (κ3) is 3.53. The van der Waals surface area contributed by atoms with Gasteiger partial charge in [-0.1, -0.05) is 11.6 Å². The molecular weight excluding hydrogens is 312 g/mol. The predicted molar refractivity (Wildman–Crippen MR) is 82.0 cm³/mol. The van der Waals surface area contributed by atoms with Crippen LogP contribution < -0.4 is 10.5 Å². The van der Waals surface area contributed by atoms with Crippen LogP contribution in [-0.4, -0.2) is 14.3 Å². The number of hydrogen-bond donors (Lipinski definition) is 2. The maximum atomic E-state index is 12.3. The van der Waals surface area contributed by atoms with Crippen LogP contribution in [0.25, 0.3) is 0 Å². The molecule has 0 radical (unpaired) electrons. The third-order valence-electron chi connectivity index (χ3n) is 2.85. The van der Waals surface area contributed by atoms with E-state index in [1.54, 1.807) is 13.0 Å². The second-order valence-electron chi connectivity index (χ2n) is 4.46. The number of halogens is 1. The summed E-state index contributed by atoms with van der Waals surface area (Å²) >= 11 is 5.82. The molecule has 2 aromatic rings. The first-order valence-electron chi connectivity index (χ1n) is 5.98. The molecule has 21 heavy (non-hydrogen) atoms. The van der Waals surface area contributed by atoms with E-state index in [9.17, 15) is 13.2 Å². The molecule has 0 aromatic heterocycles. The molecule has 0 aliphatic carbocycles. The van der Waals surface area contributed by atoms with Crippen molar-refractivity contribution < 1.29 is 13.2 Å². The molecule has 2 rings (SSSR count). The molecule has 0 saturated heterocycles. The zero-order valence-electron chi connectivity index (χ0n) is 11.1. The molecule has 110 valence electrons. The van der Waals surface area contributed by atoms with E-state index < -0.39 is 15.9 Å². The lowest BCUT2D eigenvalue weighted by molar-refractivity contribution is 0.100. The van der Waals surface area contributed by atoms with Crippen molar-refractivity contribution in [1.82, 2.24) is 0 Å². The molecule has 0 aliphatic rings. The minimum absolute atomic E-state index is 0.144. The number of rotatable bonds is 4. The molecule has 3 N–H and O–H groups in total. The molecule has 2 aromatic carbocycles. The maximum Gasteiger partial charge on any atom is 0.262 e. The Bertz CT molecular complexity index is 786. The van der Waals surface area contributed by atoms with Crippen molar-refractivity contribution in [3.8, 4) is 0 Å². The van der Waals surface area contributed by atoms with Crippen LogP contribution in [0.15, 0.2) is 47.4 Å². The second kappa shape index (κ2) is 5.75. The fraction of sp³-hybridized carbons (Fsp3) is 0.0714. The van der Waals surface area contributed by atoms with E-state index in [4.69, 9.17) is 17.3 Å². The van der Waals surface area contributed by atoms with Gasteiger partial charge in [0.15, 0.2) is 0 Å². The van der Waals surface area contributed by atoms with Crippen LogP contribution in [0.5, 0.6) is 0 Å². The van der Waals surface area contributed by atoms with Crippen LogP contribution in [-0.2, 0) is 10.0 Å². The van der Waals surface area contributed by atoms with Crippen LogP contribution in [0.1, 0.15) is 15.9 Å². The first-order chi connectivity index (χ1) is 9.79. The largest absolute Gasteiger partial charge is 0.366 e. The summed E-state index contributed by atoms with van der Waals surface area (Å²) in [5.41, 5.74) is 6.32. The molecule has 0 saturated carbocycles. The topological polar surface area (TPSA) is 89.3 Å². The summed E-state index contributed by atoms with van der Waals surface area (Å²) in [4.78, 5) is 11.1. The zero-order valence-corrected chi connectivity index (χ0v) is 12.7. The van der Waals surface area contributed by atoms with Gasteiger partial charge in [0, 0.05) is 16.3 Å². The van der Waals surface area contributed by atoms with Gasteiger partial charge in [0.05, 0.1) is 4.90 Å². The molecule has 7 heteroatoms. The Hall–Kier alpha value is -2.05. The van der Waals surface area contributed by atoms with Crippen LogP contribution in [0.2, 0.25) is 5.02 Å². The van der Waals surface area contributed by atoms with E-state index in [1.807, 2.05) is 0 Å². The van der Waals surface area contributed by atoms with Crippen molar-refractivity contribution in [2.45, 2.75) is 11.8 Å². The Morgan fingerprint density at radius 1 is 1.14 bits per heavy atom. The number of amides is 1. The number of carbonyl (C=O) groups is 1. The highest BCUT2D eigenvalue weighted by molar-refractivity contribution is 7.92. The fourth-order valence-corrected chi connectivity index (χ4v) is 3.34. The third-order valence-corrected chi connectivity index (χ3v) is 4.62. The Morgan fingerprint density at radius 2 is 1.76 bits per heavy atom. The predicted octanol–water partition coefficient (Wildman–Crippen LogP) is 2.55. The van der Waals surface area contributed by atoms with Crippen molar-refractivity contribution in [3.63, 3.8) is 0 Å². The SMILES string of the molecule is Cc1cc(Cl)ccc1S(=O)(=O)Nc1ccc(C(N)=O)cc1. The van der Waals surface area contributed by atoms with E-state index >= 15 is 0 Å². The molecule has 0 spiro atoms. The van der Waals surface area contributed by atoms with E-state index in [-0.39, 0.29) is 4.90 Å².